The molecule has 0 unspecified atom stereocenters. The Balaban J connectivity index is 2.36. The molecule has 0 spiro atoms. The van der Waals surface area contributed by atoms with Crippen molar-refractivity contribution < 1.29 is 27.6 Å². The quantitative estimate of drug-likeness (QED) is 0.680. The number of nitro groups is 1. The number of ether oxygens (including phenoxy) is 1. The second kappa shape index (κ2) is 6.52. The number of hydrogen-bond donors (Lipinski definition) is 1. The lowest BCUT2D eigenvalue weighted by Gasteiger charge is -2.09. The third kappa shape index (κ3) is 3.77. The molecule has 0 aliphatic carbocycles. The monoisotopic (exact) mass is 341 g/mol. The van der Waals surface area contributed by atoms with E-state index in [1.807, 2.05) is 0 Å². The largest absolute Gasteiger partial charge is 0.481 e. The molecule has 2 aromatic rings. The molecule has 1 aromatic carbocycles. The molecule has 0 fully saturated rings. The molecular formula is C14H10F3N3O4. The van der Waals surface area contributed by atoms with E-state index in [9.17, 15) is 28.1 Å². The molecule has 1 N–H and O–H groups in total. The third-order valence-electron chi connectivity index (χ3n) is 2.97. The van der Waals surface area contributed by atoms with Gasteiger partial charge in [-0.05, 0) is 18.2 Å². The van der Waals surface area contributed by atoms with E-state index >= 15 is 0 Å². The minimum absolute atomic E-state index is 0.190. The summed E-state index contributed by atoms with van der Waals surface area (Å²) in [6, 6.07) is 4.44. The van der Waals surface area contributed by atoms with Crippen molar-refractivity contribution in [1.29, 1.82) is 0 Å². The van der Waals surface area contributed by atoms with Crippen molar-refractivity contribution in [3.8, 4) is 5.88 Å². The van der Waals surface area contributed by atoms with Crippen LogP contribution in [-0.4, -0.2) is 22.9 Å². The number of alkyl halides is 3. The molecule has 0 atom stereocenters. The number of methoxy groups -OCH3 is 1. The first-order valence-corrected chi connectivity index (χ1v) is 6.39. The molecule has 126 valence electrons. The van der Waals surface area contributed by atoms with Gasteiger partial charge >= 0.3 is 6.18 Å². The number of nitrogens with one attached hydrogen (secondary N) is 1. The van der Waals surface area contributed by atoms with Crippen LogP contribution in [0.3, 0.4) is 0 Å². The number of amides is 1. The van der Waals surface area contributed by atoms with Crippen LogP contribution in [0.1, 0.15) is 15.9 Å². The van der Waals surface area contributed by atoms with Crippen LogP contribution in [0.25, 0.3) is 0 Å². The summed E-state index contributed by atoms with van der Waals surface area (Å²) in [6.45, 7) is 0. The predicted molar refractivity (Wildman–Crippen MR) is 76.8 cm³/mol. The van der Waals surface area contributed by atoms with Crippen LogP contribution >= 0.6 is 0 Å². The molecule has 1 amide bonds. The average Bonchev–Trinajstić information content (AvgIpc) is 2.53. The highest BCUT2D eigenvalue weighted by Gasteiger charge is 2.34. The number of nitro benzene ring substituents is 1. The highest BCUT2D eigenvalue weighted by Crippen LogP contribution is 2.33. The van der Waals surface area contributed by atoms with Gasteiger partial charge in [-0.1, -0.05) is 0 Å². The van der Waals surface area contributed by atoms with Crippen molar-refractivity contribution in [3.05, 3.63) is 57.8 Å². The van der Waals surface area contributed by atoms with Crippen LogP contribution < -0.4 is 10.1 Å². The lowest BCUT2D eigenvalue weighted by atomic mass is 10.1. The van der Waals surface area contributed by atoms with Gasteiger partial charge in [0, 0.05) is 24.0 Å². The van der Waals surface area contributed by atoms with Gasteiger partial charge in [-0.2, -0.15) is 13.2 Å². The Morgan fingerprint density at radius 1 is 1.29 bits per heavy atom. The molecule has 0 aliphatic heterocycles. The van der Waals surface area contributed by atoms with Crippen LogP contribution in [0.15, 0.2) is 36.5 Å². The van der Waals surface area contributed by atoms with E-state index in [1.54, 1.807) is 0 Å². The highest BCUT2D eigenvalue weighted by molar-refractivity contribution is 6.07. The van der Waals surface area contributed by atoms with Crippen LogP contribution in [0.2, 0.25) is 0 Å². The molecule has 0 saturated carbocycles. The summed E-state index contributed by atoms with van der Waals surface area (Å²) >= 11 is 0. The fourth-order valence-corrected chi connectivity index (χ4v) is 1.85. The summed E-state index contributed by atoms with van der Waals surface area (Å²) in [5, 5.41) is 13.3. The van der Waals surface area contributed by atoms with Crippen LogP contribution in [0, 0.1) is 10.1 Å². The Morgan fingerprint density at radius 3 is 2.58 bits per heavy atom. The Morgan fingerprint density at radius 2 is 2.00 bits per heavy atom. The van der Waals surface area contributed by atoms with Gasteiger partial charge in [0.05, 0.1) is 17.6 Å². The van der Waals surface area contributed by atoms with Crippen LogP contribution in [0.5, 0.6) is 5.88 Å². The number of carbonyl (C=O) groups is 1. The second-order valence-corrected chi connectivity index (χ2v) is 4.53. The summed E-state index contributed by atoms with van der Waals surface area (Å²) in [6.07, 6.45) is -3.42. The zero-order chi connectivity index (χ0) is 17.9. The van der Waals surface area contributed by atoms with Crippen molar-refractivity contribution >= 4 is 17.3 Å². The lowest BCUT2D eigenvalue weighted by Crippen LogP contribution is -2.15. The first-order chi connectivity index (χ1) is 11.2. The summed E-state index contributed by atoms with van der Waals surface area (Å²) in [7, 11) is 1.36. The van der Waals surface area contributed by atoms with E-state index in [0.29, 0.717) is 12.1 Å². The number of carbonyl (C=O) groups excluding carboxylic acids is 1. The van der Waals surface area contributed by atoms with E-state index in [-0.39, 0.29) is 11.6 Å². The number of pyridine rings is 1. The average molecular weight is 341 g/mol. The minimum Gasteiger partial charge on any atom is -0.481 e. The van der Waals surface area contributed by atoms with Crippen molar-refractivity contribution in [2.75, 3.05) is 12.4 Å². The molecule has 2 rings (SSSR count). The maximum Gasteiger partial charge on any atom is 0.416 e. The zero-order valence-corrected chi connectivity index (χ0v) is 12.1. The molecule has 7 nitrogen and oxygen atoms in total. The maximum absolute atomic E-state index is 12.7. The van der Waals surface area contributed by atoms with E-state index in [4.69, 9.17) is 4.74 Å². The number of anilines is 1. The number of aromatic nitrogens is 1. The number of hydrogen-bond acceptors (Lipinski definition) is 5. The van der Waals surface area contributed by atoms with E-state index < -0.39 is 33.8 Å². The molecule has 0 radical (unpaired) electrons. The standard InChI is InChI=1S/C14H10F3N3O4/c1-24-12-7-9(4-5-18-12)19-13(21)10-3-2-8(14(15,16)17)6-11(10)20(22)23/h2-7H,1H3,(H,18,19,21). The summed E-state index contributed by atoms with van der Waals surface area (Å²) in [4.78, 5) is 25.9. The number of rotatable bonds is 4. The smallest absolute Gasteiger partial charge is 0.416 e. The van der Waals surface area contributed by atoms with Gasteiger partial charge < -0.3 is 10.1 Å². The fourth-order valence-electron chi connectivity index (χ4n) is 1.85. The maximum atomic E-state index is 12.7. The molecule has 10 heteroatoms. The third-order valence-corrected chi connectivity index (χ3v) is 2.97. The first kappa shape index (κ1) is 17.2. The molecule has 0 saturated heterocycles. The van der Waals surface area contributed by atoms with E-state index in [2.05, 4.69) is 10.3 Å². The Kier molecular flexibility index (Phi) is 4.67. The molecular weight excluding hydrogens is 331 g/mol. The van der Waals surface area contributed by atoms with Gasteiger partial charge in [0.25, 0.3) is 11.6 Å². The molecule has 0 aliphatic rings. The number of halogens is 3. The van der Waals surface area contributed by atoms with Gasteiger partial charge in [-0.15, -0.1) is 0 Å². The molecule has 24 heavy (non-hydrogen) atoms. The Hall–Kier alpha value is -3.17. The summed E-state index contributed by atoms with van der Waals surface area (Å²) in [5.41, 5.74) is -2.43. The molecule has 0 bridgehead atoms. The topological polar surface area (TPSA) is 94.4 Å². The zero-order valence-electron chi connectivity index (χ0n) is 12.1. The van der Waals surface area contributed by atoms with Crippen LogP contribution in [0.4, 0.5) is 24.5 Å². The predicted octanol–water partition coefficient (Wildman–Crippen LogP) is 3.27. The van der Waals surface area contributed by atoms with Crippen molar-refractivity contribution in [1.82, 2.24) is 4.98 Å². The minimum atomic E-state index is -4.75. The van der Waals surface area contributed by atoms with Crippen molar-refractivity contribution in [2.24, 2.45) is 0 Å². The first-order valence-electron chi connectivity index (χ1n) is 6.39. The number of benzene rings is 1. The summed E-state index contributed by atoms with van der Waals surface area (Å²) in [5.74, 6) is -0.738. The van der Waals surface area contributed by atoms with Crippen LogP contribution in [-0.2, 0) is 6.18 Å². The Labute approximate surface area is 133 Å². The normalized spacial score (nSPS) is 11.0. The molecule has 1 aromatic heterocycles. The van der Waals surface area contributed by atoms with E-state index in [1.165, 1.54) is 25.4 Å². The van der Waals surface area contributed by atoms with Crippen molar-refractivity contribution in [3.63, 3.8) is 0 Å². The summed E-state index contributed by atoms with van der Waals surface area (Å²) < 4.78 is 42.8. The van der Waals surface area contributed by atoms with Gasteiger partial charge in [0.2, 0.25) is 5.88 Å². The van der Waals surface area contributed by atoms with Gasteiger partial charge in [-0.25, -0.2) is 4.98 Å². The highest BCUT2D eigenvalue weighted by atomic mass is 19.4. The van der Waals surface area contributed by atoms with Crippen molar-refractivity contribution in [2.45, 2.75) is 6.18 Å². The number of nitrogens with zero attached hydrogens (tertiary/aromatic N) is 2. The fraction of sp³-hybridized carbons (Fsp3) is 0.143. The second-order valence-electron chi connectivity index (χ2n) is 4.53. The van der Waals surface area contributed by atoms with Gasteiger partial charge in [-0.3, -0.25) is 14.9 Å². The van der Waals surface area contributed by atoms with E-state index in [0.717, 1.165) is 6.07 Å². The van der Waals surface area contributed by atoms with Gasteiger partial charge in [0.15, 0.2) is 0 Å². The SMILES string of the molecule is COc1cc(NC(=O)c2ccc(C(F)(F)F)cc2[N+](=O)[O-])ccn1. The Bertz CT molecular complexity index is 793. The molecule has 1 heterocycles. The van der Waals surface area contributed by atoms with Gasteiger partial charge in [0.1, 0.15) is 5.56 Å². The lowest BCUT2D eigenvalue weighted by molar-refractivity contribution is -0.385.